The van der Waals surface area contributed by atoms with Gasteiger partial charge in [-0.05, 0) is 20.5 Å². The first-order chi connectivity index (χ1) is 8.56. The molecule has 0 amide bonds. The number of aromatic amines is 1. The van der Waals surface area contributed by atoms with Crippen LogP contribution in [0.1, 0.15) is 6.42 Å². The van der Waals surface area contributed by atoms with E-state index in [9.17, 15) is 4.79 Å². The van der Waals surface area contributed by atoms with E-state index in [1.165, 1.54) is 0 Å². The normalized spacial score (nSPS) is 11.3. The zero-order valence-electron chi connectivity index (χ0n) is 10.5. The standard InChI is InChI=1S/C12H17N3O3/c1-15(2)4-3-5-17-10-7-9-11(6-8(10)13)18-12(16)14-9/h6-7H,3-5,13H2,1-2H3,(H,14,16). The number of nitrogens with zero attached hydrogens (tertiary/aromatic N) is 1. The third kappa shape index (κ3) is 2.84. The van der Waals surface area contributed by atoms with Crippen LogP contribution in [0.5, 0.6) is 5.75 Å². The molecule has 0 aliphatic carbocycles. The molecule has 0 aliphatic rings. The predicted octanol–water partition coefficient (Wildman–Crippen LogP) is 1.03. The van der Waals surface area contributed by atoms with Gasteiger partial charge in [0.1, 0.15) is 5.75 Å². The van der Waals surface area contributed by atoms with Crippen molar-refractivity contribution >= 4 is 16.8 Å². The summed E-state index contributed by atoms with van der Waals surface area (Å²) < 4.78 is 10.5. The molecular weight excluding hydrogens is 234 g/mol. The van der Waals surface area contributed by atoms with Gasteiger partial charge < -0.3 is 19.8 Å². The molecule has 0 saturated heterocycles. The quantitative estimate of drug-likeness (QED) is 0.612. The van der Waals surface area contributed by atoms with E-state index >= 15 is 0 Å². The number of nitrogens with one attached hydrogen (secondary N) is 1. The minimum Gasteiger partial charge on any atom is -0.491 e. The fraction of sp³-hybridized carbons (Fsp3) is 0.417. The van der Waals surface area contributed by atoms with Crippen LogP contribution in [0.3, 0.4) is 0 Å². The van der Waals surface area contributed by atoms with Crippen molar-refractivity contribution in [1.29, 1.82) is 0 Å². The van der Waals surface area contributed by atoms with E-state index < -0.39 is 5.76 Å². The maximum Gasteiger partial charge on any atom is 0.417 e. The molecule has 0 atom stereocenters. The number of rotatable bonds is 5. The molecule has 0 unspecified atom stereocenters. The molecule has 0 aliphatic heterocycles. The number of hydrogen-bond donors (Lipinski definition) is 2. The first-order valence-corrected chi connectivity index (χ1v) is 5.76. The van der Waals surface area contributed by atoms with Gasteiger partial charge in [0.25, 0.3) is 0 Å². The Labute approximate surface area is 104 Å². The molecule has 1 aromatic heterocycles. The molecule has 3 N–H and O–H groups in total. The van der Waals surface area contributed by atoms with Crippen LogP contribution in [-0.4, -0.2) is 37.1 Å². The molecule has 98 valence electrons. The van der Waals surface area contributed by atoms with Crippen LogP contribution < -0.4 is 16.2 Å². The van der Waals surface area contributed by atoms with E-state index in [4.69, 9.17) is 14.9 Å². The molecule has 0 saturated carbocycles. The number of H-pyrrole nitrogens is 1. The maximum absolute atomic E-state index is 11.0. The predicted molar refractivity (Wildman–Crippen MR) is 69.9 cm³/mol. The number of fused-ring (bicyclic) bond motifs is 1. The van der Waals surface area contributed by atoms with Gasteiger partial charge in [-0.15, -0.1) is 0 Å². The number of aromatic nitrogens is 1. The third-order valence-electron chi connectivity index (χ3n) is 2.56. The van der Waals surface area contributed by atoms with Crippen molar-refractivity contribution in [2.24, 2.45) is 0 Å². The molecule has 18 heavy (non-hydrogen) atoms. The van der Waals surface area contributed by atoms with Gasteiger partial charge in [-0.25, -0.2) is 4.79 Å². The molecule has 6 heteroatoms. The van der Waals surface area contributed by atoms with Crippen molar-refractivity contribution < 1.29 is 9.15 Å². The summed E-state index contributed by atoms with van der Waals surface area (Å²) >= 11 is 0. The van der Waals surface area contributed by atoms with Crippen LogP contribution in [0.15, 0.2) is 21.3 Å². The number of hydrogen-bond acceptors (Lipinski definition) is 5. The lowest BCUT2D eigenvalue weighted by atomic mass is 10.2. The average molecular weight is 251 g/mol. The monoisotopic (exact) mass is 251 g/mol. The van der Waals surface area contributed by atoms with E-state index in [1.807, 2.05) is 14.1 Å². The lowest BCUT2D eigenvalue weighted by Crippen LogP contribution is -2.15. The van der Waals surface area contributed by atoms with E-state index in [0.29, 0.717) is 29.1 Å². The molecule has 1 heterocycles. The SMILES string of the molecule is CN(C)CCCOc1cc2[nH]c(=O)oc2cc1N. The summed E-state index contributed by atoms with van der Waals surface area (Å²) in [5.41, 5.74) is 7.33. The fourth-order valence-electron chi connectivity index (χ4n) is 1.68. The van der Waals surface area contributed by atoms with Crippen LogP contribution in [0, 0.1) is 0 Å². The molecule has 1 aromatic carbocycles. The Morgan fingerprint density at radius 1 is 1.44 bits per heavy atom. The highest BCUT2D eigenvalue weighted by molar-refractivity contribution is 5.80. The van der Waals surface area contributed by atoms with Crippen molar-refractivity contribution in [2.45, 2.75) is 6.42 Å². The fourth-order valence-corrected chi connectivity index (χ4v) is 1.68. The lowest BCUT2D eigenvalue weighted by Gasteiger charge is -2.11. The van der Waals surface area contributed by atoms with Gasteiger partial charge in [-0.2, -0.15) is 0 Å². The van der Waals surface area contributed by atoms with Gasteiger partial charge in [0.15, 0.2) is 5.58 Å². The zero-order valence-corrected chi connectivity index (χ0v) is 10.5. The Bertz CT molecular complexity index is 586. The van der Waals surface area contributed by atoms with E-state index in [1.54, 1.807) is 12.1 Å². The van der Waals surface area contributed by atoms with Crippen LogP contribution in [-0.2, 0) is 0 Å². The van der Waals surface area contributed by atoms with Gasteiger partial charge in [0, 0.05) is 18.7 Å². The highest BCUT2D eigenvalue weighted by atomic mass is 16.5. The molecule has 0 spiro atoms. The molecule has 0 bridgehead atoms. The van der Waals surface area contributed by atoms with Gasteiger partial charge in [-0.1, -0.05) is 0 Å². The van der Waals surface area contributed by atoms with Crippen LogP contribution >= 0.6 is 0 Å². The van der Waals surface area contributed by atoms with E-state index in [0.717, 1.165) is 13.0 Å². The Kier molecular flexibility index (Phi) is 3.57. The molecule has 6 nitrogen and oxygen atoms in total. The summed E-state index contributed by atoms with van der Waals surface area (Å²) in [6, 6.07) is 3.28. The lowest BCUT2D eigenvalue weighted by molar-refractivity contribution is 0.283. The van der Waals surface area contributed by atoms with Crippen LogP contribution in [0.4, 0.5) is 5.69 Å². The summed E-state index contributed by atoms with van der Waals surface area (Å²) in [4.78, 5) is 15.7. The Hall–Kier alpha value is -1.95. The van der Waals surface area contributed by atoms with Crippen molar-refractivity contribution in [1.82, 2.24) is 9.88 Å². The zero-order chi connectivity index (χ0) is 13.1. The average Bonchev–Trinajstić information content (AvgIpc) is 2.63. The van der Waals surface area contributed by atoms with Gasteiger partial charge in [0.05, 0.1) is 17.8 Å². The van der Waals surface area contributed by atoms with Crippen molar-refractivity contribution in [3.63, 3.8) is 0 Å². The van der Waals surface area contributed by atoms with Crippen LogP contribution in [0.2, 0.25) is 0 Å². The highest BCUT2D eigenvalue weighted by Crippen LogP contribution is 2.26. The summed E-state index contributed by atoms with van der Waals surface area (Å²) in [5, 5.41) is 0. The van der Waals surface area contributed by atoms with Crippen molar-refractivity contribution in [3.8, 4) is 5.75 Å². The first-order valence-electron chi connectivity index (χ1n) is 5.76. The molecule has 0 fully saturated rings. The Morgan fingerprint density at radius 3 is 2.94 bits per heavy atom. The minimum absolute atomic E-state index is 0.443. The largest absolute Gasteiger partial charge is 0.491 e. The number of nitrogen functional groups attached to an aromatic ring is 1. The van der Waals surface area contributed by atoms with Crippen LogP contribution in [0.25, 0.3) is 11.1 Å². The Balaban J connectivity index is 2.08. The number of nitrogens with two attached hydrogens (primary N) is 1. The number of ether oxygens (including phenoxy) is 1. The second-order valence-corrected chi connectivity index (χ2v) is 4.41. The molecule has 2 rings (SSSR count). The summed E-state index contributed by atoms with van der Waals surface area (Å²) in [7, 11) is 4.02. The molecule has 0 radical (unpaired) electrons. The van der Waals surface area contributed by atoms with Crippen molar-refractivity contribution in [2.75, 3.05) is 33.0 Å². The second kappa shape index (κ2) is 5.14. The first kappa shape index (κ1) is 12.5. The highest BCUT2D eigenvalue weighted by Gasteiger charge is 2.07. The molecular formula is C12H17N3O3. The summed E-state index contributed by atoms with van der Waals surface area (Å²) in [5.74, 6) is 0.0764. The molecule has 2 aromatic rings. The van der Waals surface area contributed by atoms with E-state index in [-0.39, 0.29) is 0 Å². The van der Waals surface area contributed by atoms with Crippen molar-refractivity contribution in [3.05, 3.63) is 22.7 Å². The number of anilines is 1. The van der Waals surface area contributed by atoms with Gasteiger partial charge >= 0.3 is 5.76 Å². The summed E-state index contributed by atoms with van der Waals surface area (Å²) in [6.07, 6.45) is 0.909. The minimum atomic E-state index is -0.492. The maximum atomic E-state index is 11.0. The van der Waals surface area contributed by atoms with Gasteiger partial charge in [0.2, 0.25) is 0 Å². The Morgan fingerprint density at radius 2 is 2.22 bits per heavy atom. The van der Waals surface area contributed by atoms with Gasteiger partial charge in [-0.3, -0.25) is 4.98 Å². The number of oxazole rings is 1. The smallest absolute Gasteiger partial charge is 0.417 e. The third-order valence-corrected chi connectivity index (χ3v) is 2.56. The van der Waals surface area contributed by atoms with E-state index in [2.05, 4.69) is 9.88 Å². The topological polar surface area (TPSA) is 84.5 Å². The number of benzene rings is 1. The second-order valence-electron chi connectivity index (χ2n) is 4.41. The summed E-state index contributed by atoms with van der Waals surface area (Å²) in [6.45, 7) is 1.53.